The number of benzene rings is 2. The number of hydrogen-bond donors (Lipinski definition) is 1. The van der Waals surface area contributed by atoms with Crippen molar-refractivity contribution in [2.24, 2.45) is 5.92 Å². The van der Waals surface area contributed by atoms with Crippen molar-refractivity contribution in [3.63, 3.8) is 0 Å². The summed E-state index contributed by atoms with van der Waals surface area (Å²) in [4.78, 5) is 13.2. The van der Waals surface area contributed by atoms with Crippen molar-refractivity contribution in [2.45, 2.75) is 50.5 Å². The molecule has 1 aliphatic rings. The van der Waals surface area contributed by atoms with Gasteiger partial charge in [0.2, 0.25) is 10.0 Å². The lowest BCUT2D eigenvalue weighted by molar-refractivity contribution is 0.0932. The summed E-state index contributed by atoms with van der Waals surface area (Å²) in [7, 11) is -3.64. The molecule has 30 heavy (non-hydrogen) atoms. The summed E-state index contributed by atoms with van der Waals surface area (Å²) in [5, 5.41) is 3.29. The Kier molecular flexibility index (Phi) is 7.55. The van der Waals surface area contributed by atoms with Crippen molar-refractivity contribution in [3.8, 4) is 0 Å². The maximum absolute atomic E-state index is 13.1. The predicted octanol–water partition coefficient (Wildman–Crippen LogP) is 5.03. The molecular formula is C23H29ClN2O3S. The largest absolute Gasteiger partial charge is 0.345 e. The van der Waals surface area contributed by atoms with Crippen LogP contribution < -0.4 is 5.32 Å². The van der Waals surface area contributed by atoms with Crippen molar-refractivity contribution in [1.82, 2.24) is 9.62 Å². The molecule has 3 rings (SSSR count). The number of amides is 1. The Hall–Kier alpha value is -1.89. The van der Waals surface area contributed by atoms with Crippen LogP contribution in [0.3, 0.4) is 0 Å². The van der Waals surface area contributed by atoms with Crippen molar-refractivity contribution in [3.05, 3.63) is 64.7 Å². The summed E-state index contributed by atoms with van der Waals surface area (Å²) < 4.78 is 27.5. The summed E-state index contributed by atoms with van der Waals surface area (Å²) in [6, 6.07) is 14.0. The minimum Gasteiger partial charge on any atom is -0.345 e. The van der Waals surface area contributed by atoms with Gasteiger partial charge in [0, 0.05) is 13.1 Å². The number of sulfonamides is 1. The van der Waals surface area contributed by atoms with E-state index in [9.17, 15) is 13.2 Å². The van der Waals surface area contributed by atoms with E-state index in [2.05, 4.69) is 19.2 Å². The van der Waals surface area contributed by atoms with Gasteiger partial charge in [-0.15, -0.1) is 0 Å². The summed E-state index contributed by atoms with van der Waals surface area (Å²) >= 11 is 6.29. The van der Waals surface area contributed by atoms with Crippen molar-refractivity contribution < 1.29 is 13.2 Å². The molecule has 1 saturated heterocycles. The second-order valence-corrected chi connectivity index (χ2v) is 10.5. The highest BCUT2D eigenvalue weighted by atomic mass is 35.5. The second kappa shape index (κ2) is 9.94. The molecule has 5 nitrogen and oxygen atoms in total. The first-order chi connectivity index (χ1) is 14.3. The van der Waals surface area contributed by atoms with E-state index in [4.69, 9.17) is 11.6 Å². The Morgan fingerprint density at radius 2 is 1.73 bits per heavy atom. The van der Waals surface area contributed by atoms with Crippen molar-refractivity contribution in [2.75, 3.05) is 13.1 Å². The van der Waals surface area contributed by atoms with Gasteiger partial charge >= 0.3 is 0 Å². The highest BCUT2D eigenvalue weighted by Gasteiger charge is 2.28. The van der Waals surface area contributed by atoms with Crippen LogP contribution in [0, 0.1) is 5.92 Å². The average molecular weight is 449 g/mol. The highest BCUT2D eigenvalue weighted by molar-refractivity contribution is 7.89. The summed E-state index contributed by atoms with van der Waals surface area (Å²) in [6.07, 6.45) is 3.51. The van der Waals surface area contributed by atoms with Gasteiger partial charge < -0.3 is 5.32 Å². The monoisotopic (exact) mass is 448 g/mol. The van der Waals surface area contributed by atoms with E-state index in [1.807, 2.05) is 30.3 Å². The Balaban J connectivity index is 1.87. The lowest BCUT2D eigenvalue weighted by Crippen LogP contribution is -2.36. The zero-order valence-electron chi connectivity index (χ0n) is 17.5. The second-order valence-electron chi connectivity index (χ2n) is 8.17. The molecule has 0 aromatic heterocycles. The predicted molar refractivity (Wildman–Crippen MR) is 120 cm³/mol. The molecule has 1 heterocycles. The Morgan fingerprint density at radius 1 is 1.07 bits per heavy atom. The first-order valence-electron chi connectivity index (χ1n) is 10.4. The fraction of sp³-hybridized carbons (Fsp3) is 0.435. The van der Waals surface area contributed by atoms with Gasteiger partial charge in [-0.3, -0.25) is 4.79 Å². The minimum atomic E-state index is -3.64. The third-order valence-corrected chi connectivity index (χ3v) is 7.57. The van der Waals surface area contributed by atoms with Gasteiger partial charge in [0.1, 0.15) is 0 Å². The normalized spacial score (nSPS) is 16.4. The quantitative estimate of drug-likeness (QED) is 0.645. The summed E-state index contributed by atoms with van der Waals surface area (Å²) in [6.45, 7) is 5.22. The molecule has 1 atom stereocenters. The number of carbonyl (C=O) groups excluding carboxylic acids is 1. The number of carbonyl (C=O) groups is 1. The Labute approximate surface area is 184 Å². The third-order valence-electron chi connectivity index (χ3n) is 5.35. The highest BCUT2D eigenvalue weighted by Crippen LogP contribution is 2.27. The molecule has 0 saturated carbocycles. The Morgan fingerprint density at radius 3 is 2.37 bits per heavy atom. The van der Waals surface area contributed by atoms with Crippen LogP contribution in [0.2, 0.25) is 5.02 Å². The lowest BCUT2D eigenvalue weighted by Gasteiger charge is -2.26. The van der Waals surface area contributed by atoms with Crippen LogP contribution in [-0.2, 0) is 10.0 Å². The smallest absolute Gasteiger partial charge is 0.253 e. The number of nitrogens with zero attached hydrogens (tertiary/aromatic N) is 1. The summed E-state index contributed by atoms with van der Waals surface area (Å²) in [5.74, 6) is 0.00184. The van der Waals surface area contributed by atoms with Crippen LogP contribution in [0.25, 0.3) is 0 Å². The van der Waals surface area contributed by atoms with E-state index in [1.54, 1.807) is 0 Å². The molecule has 0 spiro atoms. The van der Waals surface area contributed by atoms with Crippen molar-refractivity contribution in [1.29, 1.82) is 0 Å². The lowest BCUT2D eigenvalue weighted by atomic mass is 9.96. The third kappa shape index (κ3) is 5.42. The van der Waals surface area contributed by atoms with Gasteiger partial charge in [-0.2, -0.15) is 4.31 Å². The number of hydrogen-bond acceptors (Lipinski definition) is 3. The zero-order valence-corrected chi connectivity index (χ0v) is 19.0. The number of rotatable bonds is 7. The number of piperidine rings is 1. The molecule has 1 aliphatic heterocycles. The van der Waals surface area contributed by atoms with Gasteiger partial charge in [-0.1, -0.05) is 62.2 Å². The first-order valence-corrected chi connectivity index (χ1v) is 12.3. The molecule has 1 fully saturated rings. The SMILES string of the molecule is CC(C)C[C@@H](NC(=O)c1cc(S(=O)(=O)N2CCCCC2)ccc1Cl)c1ccccc1. The van der Waals surface area contributed by atoms with Crippen LogP contribution in [0.1, 0.15) is 61.5 Å². The molecule has 0 unspecified atom stereocenters. The molecule has 1 amide bonds. The molecule has 0 aliphatic carbocycles. The van der Waals surface area contributed by atoms with Gasteiger partial charge in [-0.25, -0.2) is 8.42 Å². The average Bonchev–Trinajstić information content (AvgIpc) is 2.74. The molecule has 2 aromatic carbocycles. The van der Waals surface area contributed by atoms with Gasteiger partial charge in [0.15, 0.2) is 0 Å². The van der Waals surface area contributed by atoms with Gasteiger partial charge in [-0.05, 0) is 48.9 Å². The maximum Gasteiger partial charge on any atom is 0.253 e. The van der Waals surface area contributed by atoms with Crippen LogP contribution in [0.15, 0.2) is 53.4 Å². The van der Waals surface area contributed by atoms with Crippen LogP contribution in [0.5, 0.6) is 0 Å². The fourth-order valence-corrected chi connectivity index (χ4v) is 5.51. The van der Waals surface area contributed by atoms with E-state index in [0.29, 0.717) is 19.0 Å². The van der Waals surface area contributed by atoms with Gasteiger partial charge in [0.25, 0.3) is 5.91 Å². The number of halogens is 1. The topological polar surface area (TPSA) is 66.5 Å². The molecule has 2 aromatic rings. The van der Waals surface area contributed by atoms with E-state index >= 15 is 0 Å². The van der Waals surface area contributed by atoms with E-state index in [-0.39, 0.29) is 27.4 Å². The van der Waals surface area contributed by atoms with E-state index in [0.717, 1.165) is 31.2 Å². The Bertz CT molecular complexity index is 971. The maximum atomic E-state index is 13.1. The number of nitrogens with one attached hydrogen (secondary N) is 1. The first kappa shape index (κ1) is 22.8. The van der Waals surface area contributed by atoms with Crippen LogP contribution in [0.4, 0.5) is 0 Å². The van der Waals surface area contributed by atoms with Crippen molar-refractivity contribution >= 4 is 27.5 Å². The summed E-state index contributed by atoms with van der Waals surface area (Å²) in [5.41, 5.74) is 1.19. The molecule has 162 valence electrons. The molecule has 1 N–H and O–H groups in total. The van der Waals surface area contributed by atoms with Crippen LogP contribution >= 0.6 is 11.6 Å². The molecular weight excluding hydrogens is 420 g/mol. The van der Waals surface area contributed by atoms with E-state index < -0.39 is 10.0 Å². The standard InChI is InChI=1S/C23H29ClN2O3S/c1-17(2)15-22(18-9-5-3-6-10-18)25-23(27)20-16-19(11-12-21(20)24)30(28,29)26-13-7-4-8-14-26/h3,5-6,9-12,16-17,22H,4,7-8,13-15H2,1-2H3,(H,25,27)/t22-/m1/s1. The zero-order chi connectivity index (χ0) is 21.7. The minimum absolute atomic E-state index is 0.110. The fourth-order valence-electron chi connectivity index (χ4n) is 3.76. The van der Waals surface area contributed by atoms with Crippen LogP contribution in [-0.4, -0.2) is 31.7 Å². The molecule has 0 radical (unpaired) electrons. The molecule has 7 heteroatoms. The van der Waals surface area contributed by atoms with Gasteiger partial charge in [0.05, 0.1) is 21.5 Å². The van der Waals surface area contributed by atoms with E-state index in [1.165, 1.54) is 22.5 Å². The molecule has 0 bridgehead atoms.